The van der Waals surface area contributed by atoms with Crippen molar-refractivity contribution in [2.24, 2.45) is 0 Å². The highest BCUT2D eigenvalue weighted by Gasteiger charge is 2.04. The molecule has 0 aliphatic rings. The van der Waals surface area contributed by atoms with Crippen molar-refractivity contribution in [3.63, 3.8) is 0 Å². The van der Waals surface area contributed by atoms with E-state index in [-0.39, 0.29) is 0 Å². The molecule has 1 aromatic heterocycles. The number of hydrogen-bond donors (Lipinski definition) is 1. The van der Waals surface area contributed by atoms with Crippen molar-refractivity contribution in [1.29, 1.82) is 0 Å². The molecule has 17 heavy (non-hydrogen) atoms. The number of aromatic nitrogens is 1. The lowest BCUT2D eigenvalue weighted by molar-refractivity contribution is 0.341. The fraction of sp³-hybridized carbons (Fsp3) is 0.308. The molecular weight excluding hydrogens is 232 g/mol. The number of ether oxygens (including phenoxy) is 1. The molecule has 2 rings (SSSR count). The van der Waals surface area contributed by atoms with Crippen molar-refractivity contribution in [1.82, 2.24) is 4.98 Å². The first-order valence-electron chi connectivity index (χ1n) is 5.66. The quantitative estimate of drug-likeness (QED) is 0.879. The molecule has 2 aromatic rings. The second-order valence-corrected chi connectivity index (χ2v) is 4.58. The SMILES string of the molecule is CCOc1ccccc1NCc1scnc1C. The molecule has 0 spiro atoms. The van der Waals surface area contributed by atoms with Gasteiger partial charge in [0, 0.05) is 4.88 Å². The summed E-state index contributed by atoms with van der Waals surface area (Å²) in [7, 11) is 0. The van der Waals surface area contributed by atoms with Crippen LogP contribution in [0.15, 0.2) is 29.8 Å². The van der Waals surface area contributed by atoms with Gasteiger partial charge in [-0.3, -0.25) is 0 Å². The molecule has 0 bridgehead atoms. The Morgan fingerprint density at radius 3 is 2.88 bits per heavy atom. The van der Waals surface area contributed by atoms with Gasteiger partial charge in [-0.15, -0.1) is 11.3 Å². The van der Waals surface area contributed by atoms with Crippen LogP contribution in [0.25, 0.3) is 0 Å². The first-order valence-corrected chi connectivity index (χ1v) is 6.54. The lowest BCUT2D eigenvalue weighted by Crippen LogP contribution is -2.02. The van der Waals surface area contributed by atoms with Crippen molar-refractivity contribution in [2.45, 2.75) is 20.4 Å². The van der Waals surface area contributed by atoms with Gasteiger partial charge in [-0.25, -0.2) is 4.98 Å². The monoisotopic (exact) mass is 248 g/mol. The van der Waals surface area contributed by atoms with Gasteiger partial charge in [-0.2, -0.15) is 0 Å². The van der Waals surface area contributed by atoms with Crippen LogP contribution in [0.4, 0.5) is 5.69 Å². The predicted octanol–water partition coefficient (Wildman–Crippen LogP) is 3.46. The molecule has 1 heterocycles. The van der Waals surface area contributed by atoms with Crippen LogP contribution in [-0.2, 0) is 6.54 Å². The van der Waals surface area contributed by atoms with Crippen molar-refractivity contribution < 1.29 is 4.74 Å². The minimum Gasteiger partial charge on any atom is -0.492 e. The van der Waals surface area contributed by atoms with Crippen LogP contribution < -0.4 is 10.1 Å². The summed E-state index contributed by atoms with van der Waals surface area (Å²) in [5, 5.41) is 3.39. The van der Waals surface area contributed by atoms with Crippen LogP contribution in [0.3, 0.4) is 0 Å². The fourth-order valence-corrected chi connectivity index (χ4v) is 2.28. The van der Waals surface area contributed by atoms with E-state index in [1.807, 2.05) is 43.6 Å². The Balaban J connectivity index is 2.06. The Morgan fingerprint density at radius 1 is 1.35 bits per heavy atom. The minimum atomic E-state index is 0.679. The number of rotatable bonds is 5. The van der Waals surface area contributed by atoms with E-state index in [0.29, 0.717) is 6.61 Å². The maximum atomic E-state index is 5.56. The zero-order valence-corrected chi connectivity index (χ0v) is 10.9. The largest absolute Gasteiger partial charge is 0.492 e. The van der Waals surface area contributed by atoms with Gasteiger partial charge in [0.25, 0.3) is 0 Å². The molecule has 0 atom stereocenters. The van der Waals surface area contributed by atoms with Gasteiger partial charge in [0.2, 0.25) is 0 Å². The number of nitrogens with zero attached hydrogens (tertiary/aromatic N) is 1. The molecule has 0 aliphatic carbocycles. The summed E-state index contributed by atoms with van der Waals surface area (Å²) in [6.07, 6.45) is 0. The first-order chi connectivity index (χ1) is 8.31. The zero-order chi connectivity index (χ0) is 12.1. The molecule has 90 valence electrons. The summed E-state index contributed by atoms with van der Waals surface area (Å²) >= 11 is 1.67. The fourth-order valence-electron chi connectivity index (χ4n) is 1.57. The molecule has 0 aliphatic heterocycles. The third-order valence-corrected chi connectivity index (χ3v) is 3.41. The highest BCUT2D eigenvalue weighted by atomic mass is 32.1. The summed E-state index contributed by atoms with van der Waals surface area (Å²) in [6.45, 7) is 5.49. The number of thiazole rings is 1. The molecule has 3 nitrogen and oxygen atoms in total. The zero-order valence-electron chi connectivity index (χ0n) is 10.1. The molecule has 4 heteroatoms. The molecule has 0 saturated carbocycles. The molecule has 1 N–H and O–H groups in total. The third kappa shape index (κ3) is 2.97. The Labute approximate surface area is 105 Å². The molecule has 0 saturated heterocycles. The lowest BCUT2D eigenvalue weighted by Gasteiger charge is -2.11. The standard InChI is InChI=1S/C13H16N2OS/c1-3-16-12-7-5-4-6-11(12)14-8-13-10(2)15-9-17-13/h4-7,9,14H,3,8H2,1-2H3. The number of para-hydroxylation sites is 2. The van der Waals surface area contributed by atoms with Gasteiger partial charge in [-0.05, 0) is 26.0 Å². The topological polar surface area (TPSA) is 34.1 Å². The third-order valence-electron chi connectivity index (χ3n) is 2.47. The summed E-state index contributed by atoms with van der Waals surface area (Å²) < 4.78 is 5.56. The number of hydrogen-bond acceptors (Lipinski definition) is 4. The number of nitrogens with one attached hydrogen (secondary N) is 1. The smallest absolute Gasteiger partial charge is 0.142 e. The van der Waals surface area contributed by atoms with E-state index >= 15 is 0 Å². The van der Waals surface area contributed by atoms with Crippen LogP contribution in [0, 0.1) is 6.92 Å². The van der Waals surface area contributed by atoms with Crippen molar-refractivity contribution in [3.05, 3.63) is 40.3 Å². The highest BCUT2D eigenvalue weighted by molar-refractivity contribution is 7.09. The van der Waals surface area contributed by atoms with Crippen LogP contribution in [-0.4, -0.2) is 11.6 Å². The molecule has 0 radical (unpaired) electrons. The highest BCUT2D eigenvalue weighted by Crippen LogP contribution is 2.25. The van der Waals surface area contributed by atoms with Crippen LogP contribution >= 0.6 is 11.3 Å². The molecule has 0 amide bonds. The predicted molar refractivity (Wildman–Crippen MR) is 71.8 cm³/mol. The Morgan fingerprint density at radius 2 is 2.18 bits per heavy atom. The van der Waals surface area contributed by atoms with Gasteiger partial charge in [-0.1, -0.05) is 12.1 Å². The van der Waals surface area contributed by atoms with Crippen molar-refractivity contribution in [3.8, 4) is 5.75 Å². The maximum absolute atomic E-state index is 5.56. The van der Waals surface area contributed by atoms with Gasteiger partial charge in [0.1, 0.15) is 5.75 Å². The van der Waals surface area contributed by atoms with E-state index in [4.69, 9.17) is 4.74 Å². The Hall–Kier alpha value is -1.55. The number of benzene rings is 1. The van der Waals surface area contributed by atoms with E-state index in [0.717, 1.165) is 23.7 Å². The minimum absolute atomic E-state index is 0.679. The average Bonchev–Trinajstić information content (AvgIpc) is 2.74. The first kappa shape index (κ1) is 11.9. The van der Waals surface area contributed by atoms with E-state index in [2.05, 4.69) is 10.3 Å². The summed E-state index contributed by atoms with van der Waals surface area (Å²) in [4.78, 5) is 5.50. The van der Waals surface area contributed by atoms with Gasteiger partial charge < -0.3 is 10.1 Å². The molecule has 0 fully saturated rings. The summed E-state index contributed by atoms with van der Waals surface area (Å²) in [5.74, 6) is 0.900. The summed E-state index contributed by atoms with van der Waals surface area (Å²) in [6, 6.07) is 7.99. The van der Waals surface area contributed by atoms with E-state index in [1.54, 1.807) is 11.3 Å². The normalized spacial score (nSPS) is 10.2. The van der Waals surface area contributed by atoms with Crippen molar-refractivity contribution in [2.75, 3.05) is 11.9 Å². The van der Waals surface area contributed by atoms with Gasteiger partial charge in [0.05, 0.1) is 30.0 Å². The average molecular weight is 248 g/mol. The number of aryl methyl sites for hydroxylation is 1. The molecule has 1 aromatic carbocycles. The lowest BCUT2D eigenvalue weighted by atomic mass is 10.3. The Kier molecular flexibility index (Phi) is 3.98. The second-order valence-electron chi connectivity index (χ2n) is 3.64. The summed E-state index contributed by atoms with van der Waals surface area (Å²) in [5.41, 5.74) is 4.00. The van der Waals surface area contributed by atoms with Gasteiger partial charge in [0.15, 0.2) is 0 Å². The van der Waals surface area contributed by atoms with E-state index in [1.165, 1.54) is 4.88 Å². The molecule has 0 unspecified atom stereocenters. The van der Waals surface area contributed by atoms with Crippen molar-refractivity contribution >= 4 is 17.0 Å². The van der Waals surface area contributed by atoms with Gasteiger partial charge >= 0.3 is 0 Å². The Bertz CT molecular complexity index is 482. The van der Waals surface area contributed by atoms with E-state index in [9.17, 15) is 0 Å². The van der Waals surface area contributed by atoms with Crippen LogP contribution in [0.2, 0.25) is 0 Å². The number of anilines is 1. The second kappa shape index (κ2) is 5.68. The van der Waals surface area contributed by atoms with Crippen LogP contribution in [0.5, 0.6) is 5.75 Å². The molecular formula is C13H16N2OS. The van der Waals surface area contributed by atoms with Crippen LogP contribution in [0.1, 0.15) is 17.5 Å². The van der Waals surface area contributed by atoms with E-state index < -0.39 is 0 Å². The maximum Gasteiger partial charge on any atom is 0.142 e.